The van der Waals surface area contributed by atoms with Crippen LogP contribution >= 0.6 is 0 Å². The molecule has 0 aliphatic carbocycles. The molecule has 2 aliphatic heterocycles. The second kappa shape index (κ2) is 8.69. The minimum Gasteiger partial charge on any atom is -0.353 e. The van der Waals surface area contributed by atoms with E-state index in [0.29, 0.717) is 41.5 Å². The minimum atomic E-state index is -0.616. The molecular weight excluding hydrogens is 460 g/mol. The summed E-state index contributed by atoms with van der Waals surface area (Å²) >= 11 is 0. The van der Waals surface area contributed by atoms with Crippen molar-refractivity contribution in [2.45, 2.75) is 6.42 Å². The number of nitrogens with one attached hydrogen (secondary N) is 2. The van der Waals surface area contributed by atoms with Gasteiger partial charge in [0.05, 0.1) is 24.3 Å². The lowest BCUT2D eigenvalue weighted by molar-refractivity contribution is -0.120. The maximum Gasteiger partial charge on any atom is 0.316 e. The van der Waals surface area contributed by atoms with Gasteiger partial charge in [0, 0.05) is 36.7 Å². The topological polar surface area (TPSA) is 133 Å². The number of nitrogens with zero attached hydrogens (tertiary/aromatic N) is 6. The van der Waals surface area contributed by atoms with Crippen LogP contribution < -0.4 is 15.5 Å². The first-order valence-electron chi connectivity index (χ1n) is 11.4. The number of benzene rings is 2. The Morgan fingerprint density at radius 1 is 1.06 bits per heavy atom. The summed E-state index contributed by atoms with van der Waals surface area (Å²) in [6.45, 7) is 1.18. The maximum absolute atomic E-state index is 13.3. The fourth-order valence-electron chi connectivity index (χ4n) is 4.45. The number of hydrogen-bond acceptors (Lipinski definition) is 7. The van der Waals surface area contributed by atoms with Crippen LogP contribution in [0.3, 0.4) is 0 Å². The number of anilines is 2. The van der Waals surface area contributed by atoms with E-state index in [-0.39, 0.29) is 30.5 Å². The van der Waals surface area contributed by atoms with Crippen LogP contribution in [0.5, 0.6) is 0 Å². The van der Waals surface area contributed by atoms with Crippen LogP contribution in [0, 0.1) is 0 Å². The number of aromatic nitrogens is 3. The van der Waals surface area contributed by atoms with E-state index < -0.39 is 5.91 Å². The molecule has 1 saturated heterocycles. The van der Waals surface area contributed by atoms with Crippen molar-refractivity contribution < 1.29 is 14.4 Å². The van der Waals surface area contributed by atoms with Gasteiger partial charge in [0.25, 0.3) is 0 Å². The van der Waals surface area contributed by atoms with Crippen molar-refractivity contribution in [2.24, 2.45) is 10.2 Å². The van der Waals surface area contributed by atoms with Gasteiger partial charge in [-0.15, -0.1) is 10.2 Å². The maximum atomic E-state index is 13.3. The number of fused-ring (bicyclic) bond motifs is 2. The number of carbonyl (C=O) groups is 3. The highest BCUT2D eigenvalue weighted by Crippen LogP contribution is 2.33. The molecule has 178 valence electrons. The molecule has 0 atom stereocenters. The fourth-order valence-corrected chi connectivity index (χ4v) is 4.45. The number of hydrogen-bond donors (Lipinski definition) is 2. The second-order valence-electron chi connectivity index (χ2n) is 8.46. The Morgan fingerprint density at radius 2 is 1.92 bits per heavy atom. The van der Waals surface area contributed by atoms with Gasteiger partial charge in [-0.2, -0.15) is 0 Å². The third-order valence-electron chi connectivity index (χ3n) is 6.08. The first kappa shape index (κ1) is 21.6. The van der Waals surface area contributed by atoms with E-state index >= 15 is 0 Å². The quantitative estimate of drug-likeness (QED) is 0.432. The molecule has 4 aromatic rings. The first-order chi connectivity index (χ1) is 17.6. The zero-order valence-corrected chi connectivity index (χ0v) is 19.0. The SMILES string of the molecule is O=C1CN(c2nccn3c(-c4ccc5c(c4)CC(=O)N5)c(C(=O)N=Nc4ccccc4)nc23)CCN1. The average Bonchev–Trinajstić information content (AvgIpc) is 3.47. The van der Waals surface area contributed by atoms with E-state index in [1.54, 1.807) is 28.9 Å². The van der Waals surface area contributed by atoms with Crippen molar-refractivity contribution in [1.82, 2.24) is 19.7 Å². The Kier molecular flexibility index (Phi) is 5.21. The van der Waals surface area contributed by atoms with Gasteiger partial charge in [-0.05, 0) is 29.8 Å². The van der Waals surface area contributed by atoms with Gasteiger partial charge in [-0.1, -0.05) is 24.3 Å². The number of piperazine rings is 1. The van der Waals surface area contributed by atoms with Crippen LogP contribution in [0.1, 0.15) is 16.1 Å². The molecule has 0 unspecified atom stereocenters. The van der Waals surface area contributed by atoms with Gasteiger partial charge in [0.2, 0.25) is 11.8 Å². The normalized spacial score (nSPS) is 15.3. The number of carbonyl (C=O) groups excluding carboxylic acids is 3. The molecule has 0 spiro atoms. The van der Waals surface area contributed by atoms with Crippen LogP contribution in [0.2, 0.25) is 0 Å². The highest BCUT2D eigenvalue weighted by molar-refractivity contribution is 6.02. The molecule has 0 saturated carbocycles. The molecule has 6 rings (SSSR count). The summed E-state index contributed by atoms with van der Waals surface area (Å²) in [6.07, 6.45) is 3.58. The molecule has 0 radical (unpaired) electrons. The van der Waals surface area contributed by atoms with E-state index in [9.17, 15) is 14.4 Å². The standard InChI is InChI=1S/C25H20N8O3/c34-19-13-16-12-15(6-7-18(16)28-19)22-21(25(36)31-30-17-4-2-1-3-5-17)29-24-23(27-9-11-33(22)24)32-10-8-26-20(35)14-32/h1-7,9,11-12H,8,10,13-14H2,(H,26,35)(H,28,34). The lowest BCUT2D eigenvalue weighted by atomic mass is 10.0. The zero-order valence-electron chi connectivity index (χ0n) is 19.0. The summed E-state index contributed by atoms with van der Waals surface area (Å²) in [7, 11) is 0. The van der Waals surface area contributed by atoms with Gasteiger partial charge in [-0.3, -0.25) is 18.8 Å². The van der Waals surface area contributed by atoms with Crippen LogP contribution in [-0.2, 0) is 16.0 Å². The molecule has 2 aromatic heterocycles. The molecule has 4 heterocycles. The predicted molar refractivity (Wildman–Crippen MR) is 131 cm³/mol. The van der Waals surface area contributed by atoms with Gasteiger partial charge in [0.1, 0.15) is 0 Å². The number of azo groups is 1. The summed E-state index contributed by atoms with van der Waals surface area (Å²) in [5, 5.41) is 13.6. The smallest absolute Gasteiger partial charge is 0.316 e. The second-order valence-corrected chi connectivity index (χ2v) is 8.46. The summed E-state index contributed by atoms with van der Waals surface area (Å²) < 4.78 is 1.77. The molecule has 11 heteroatoms. The van der Waals surface area contributed by atoms with Crippen molar-refractivity contribution in [3.05, 3.63) is 72.2 Å². The van der Waals surface area contributed by atoms with E-state index in [1.807, 2.05) is 41.3 Å². The first-order valence-corrected chi connectivity index (χ1v) is 11.4. The Morgan fingerprint density at radius 3 is 2.75 bits per heavy atom. The van der Waals surface area contributed by atoms with E-state index in [4.69, 9.17) is 0 Å². The zero-order chi connectivity index (χ0) is 24.6. The Labute approximate surface area is 204 Å². The highest BCUT2D eigenvalue weighted by Gasteiger charge is 2.27. The molecule has 0 bridgehead atoms. The monoisotopic (exact) mass is 480 g/mol. The molecule has 11 nitrogen and oxygen atoms in total. The van der Waals surface area contributed by atoms with Crippen molar-refractivity contribution >= 4 is 40.6 Å². The van der Waals surface area contributed by atoms with Crippen LogP contribution in [0.25, 0.3) is 16.9 Å². The molecule has 2 aromatic carbocycles. The van der Waals surface area contributed by atoms with Crippen LogP contribution in [0.4, 0.5) is 17.2 Å². The summed E-state index contributed by atoms with van der Waals surface area (Å²) in [6, 6.07) is 14.5. The molecule has 36 heavy (non-hydrogen) atoms. The van der Waals surface area contributed by atoms with Gasteiger partial charge < -0.3 is 15.5 Å². The Bertz CT molecular complexity index is 1560. The largest absolute Gasteiger partial charge is 0.353 e. The third-order valence-corrected chi connectivity index (χ3v) is 6.08. The Balaban J connectivity index is 1.50. The number of rotatable bonds is 4. The van der Waals surface area contributed by atoms with Crippen LogP contribution in [-0.4, -0.2) is 51.7 Å². The lowest BCUT2D eigenvalue weighted by Gasteiger charge is -2.27. The van der Waals surface area contributed by atoms with Gasteiger partial charge in [-0.25, -0.2) is 9.97 Å². The molecule has 2 aliphatic rings. The summed E-state index contributed by atoms with van der Waals surface area (Å²) in [4.78, 5) is 48.2. The number of imidazole rings is 1. The van der Waals surface area contributed by atoms with Gasteiger partial charge >= 0.3 is 5.91 Å². The highest BCUT2D eigenvalue weighted by atomic mass is 16.2. The van der Waals surface area contributed by atoms with Crippen molar-refractivity contribution in [1.29, 1.82) is 0 Å². The Hall–Kier alpha value is -4.93. The van der Waals surface area contributed by atoms with E-state index in [0.717, 1.165) is 11.3 Å². The van der Waals surface area contributed by atoms with Gasteiger partial charge in [0.15, 0.2) is 17.2 Å². The minimum absolute atomic E-state index is 0.0804. The van der Waals surface area contributed by atoms with Crippen molar-refractivity contribution in [3.8, 4) is 11.3 Å². The number of amides is 3. The van der Waals surface area contributed by atoms with Crippen molar-refractivity contribution in [2.75, 3.05) is 29.9 Å². The van der Waals surface area contributed by atoms with E-state index in [2.05, 4.69) is 30.8 Å². The fraction of sp³-hybridized carbons (Fsp3) is 0.160. The summed E-state index contributed by atoms with van der Waals surface area (Å²) in [5.74, 6) is -0.316. The average molecular weight is 480 g/mol. The van der Waals surface area contributed by atoms with Crippen LogP contribution in [0.15, 0.2) is 71.2 Å². The predicted octanol–water partition coefficient (Wildman–Crippen LogP) is 2.75. The lowest BCUT2D eigenvalue weighted by Crippen LogP contribution is -2.48. The summed E-state index contributed by atoms with van der Waals surface area (Å²) in [5.41, 5.74) is 3.85. The molecule has 2 N–H and O–H groups in total. The van der Waals surface area contributed by atoms with E-state index in [1.165, 1.54) is 0 Å². The third kappa shape index (κ3) is 3.86. The molecular formula is C25H20N8O3. The van der Waals surface area contributed by atoms with Crippen molar-refractivity contribution in [3.63, 3.8) is 0 Å². The molecule has 3 amide bonds. The molecule has 1 fully saturated rings.